The molecule has 25 heavy (non-hydrogen) atoms. The zero-order valence-electron chi connectivity index (χ0n) is 14.5. The van der Waals surface area contributed by atoms with Crippen molar-refractivity contribution in [3.63, 3.8) is 0 Å². The molecule has 2 amide bonds. The molecule has 2 fully saturated rings. The fourth-order valence-corrected chi connectivity index (χ4v) is 3.51. The number of aliphatic hydroxyl groups excluding tert-OH is 1. The van der Waals surface area contributed by atoms with Gasteiger partial charge in [-0.15, -0.1) is 0 Å². The van der Waals surface area contributed by atoms with Crippen LogP contribution in [-0.4, -0.2) is 72.2 Å². The first-order chi connectivity index (χ1) is 12.1. The molecule has 2 saturated heterocycles. The number of β-amino-alcohol motifs (C(OH)–C–C–N with tert-alkyl or cyclic N) is 1. The van der Waals surface area contributed by atoms with Crippen LogP contribution in [-0.2, 0) is 20.7 Å². The van der Waals surface area contributed by atoms with Crippen LogP contribution in [0.2, 0.25) is 0 Å². The first-order valence-electron chi connectivity index (χ1n) is 9.00. The number of rotatable bonds is 3. The van der Waals surface area contributed by atoms with Gasteiger partial charge in [-0.3, -0.25) is 9.59 Å². The largest absolute Gasteiger partial charge is 0.389 e. The van der Waals surface area contributed by atoms with Crippen molar-refractivity contribution in [1.29, 1.82) is 0 Å². The molecular formula is C19H26N2O4. The maximum atomic E-state index is 12.7. The Bertz CT molecular complexity index is 584. The summed E-state index contributed by atoms with van der Waals surface area (Å²) in [5.41, 5.74) is 1.02. The van der Waals surface area contributed by atoms with Gasteiger partial charge >= 0.3 is 0 Å². The van der Waals surface area contributed by atoms with Crippen molar-refractivity contribution in [2.75, 3.05) is 39.4 Å². The molecule has 6 heteroatoms. The van der Waals surface area contributed by atoms with Crippen LogP contribution in [0.25, 0.3) is 0 Å². The standard InChI is InChI=1S/C19H26N2O4/c22-17-13-21(10-11-25-14-17)19(24)16-6-8-20(9-7-16)18(23)12-15-4-2-1-3-5-15/h1-5,16-17,22H,6-14H2/t17-/m0/s1. The molecule has 0 bridgehead atoms. The Balaban J connectivity index is 1.49. The highest BCUT2D eigenvalue weighted by Gasteiger charge is 2.31. The molecule has 2 aliphatic rings. The number of hydrogen-bond donors (Lipinski definition) is 1. The fourth-order valence-electron chi connectivity index (χ4n) is 3.51. The van der Waals surface area contributed by atoms with E-state index in [9.17, 15) is 14.7 Å². The lowest BCUT2D eigenvalue weighted by Crippen LogP contribution is -2.46. The van der Waals surface area contributed by atoms with Gasteiger partial charge in [-0.25, -0.2) is 0 Å². The predicted molar refractivity (Wildman–Crippen MR) is 92.9 cm³/mol. The minimum atomic E-state index is -0.612. The highest BCUT2D eigenvalue weighted by atomic mass is 16.5. The fraction of sp³-hybridized carbons (Fsp3) is 0.579. The number of carbonyl (C=O) groups is 2. The molecule has 0 unspecified atom stereocenters. The van der Waals surface area contributed by atoms with Crippen molar-refractivity contribution in [1.82, 2.24) is 9.80 Å². The zero-order valence-corrected chi connectivity index (χ0v) is 14.5. The van der Waals surface area contributed by atoms with E-state index in [0.717, 1.165) is 5.56 Å². The van der Waals surface area contributed by atoms with Gasteiger partial charge in [0.25, 0.3) is 0 Å². The van der Waals surface area contributed by atoms with E-state index < -0.39 is 6.10 Å². The molecule has 1 aromatic rings. The zero-order chi connectivity index (χ0) is 17.6. The van der Waals surface area contributed by atoms with Gasteiger partial charge in [-0.2, -0.15) is 0 Å². The van der Waals surface area contributed by atoms with Crippen LogP contribution in [0.4, 0.5) is 0 Å². The number of benzene rings is 1. The molecule has 3 rings (SSSR count). The monoisotopic (exact) mass is 346 g/mol. The SMILES string of the molecule is O=C(Cc1ccccc1)N1CCC(C(=O)N2CCOC[C@@H](O)C2)CC1. The van der Waals surface area contributed by atoms with Gasteiger partial charge in [0.05, 0.1) is 25.7 Å². The Labute approximate surface area is 148 Å². The third-order valence-corrected chi connectivity index (χ3v) is 4.95. The summed E-state index contributed by atoms with van der Waals surface area (Å²) in [6, 6.07) is 9.73. The quantitative estimate of drug-likeness (QED) is 0.874. The molecule has 0 spiro atoms. The van der Waals surface area contributed by atoms with Gasteiger partial charge in [0.15, 0.2) is 0 Å². The van der Waals surface area contributed by atoms with Crippen LogP contribution in [0.3, 0.4) is 0 Å². The molecule has 136 valence electrons. The minimum absolute atomic E-state index is 0.0638. The number of ether oxygens (including phenoxy) is 1. The number of hydrogen-bond acceptors (Lipinski definition) is 4. The molecule has 0 radical (unpaired) electrons. The molecule has 1 aromatic carbocycles. The Kier molecular flexibility index (Phi) is 6.04. The molecule has 1 atom stereocenters. The Morgan fingerprint density at radius 1 is 1.08 bits per heavy atom. The highest BCUT2D eigenvalue weighted by molar-refractivity contribution is 5.81. The van der Waals surface area contributed by atoms with E-state index in [0.29, 0.717) is 52.0 Å². The number of nitrogens with zero attached hydrogens (tertiary/aromatic N) is 2. The van der Waals surface area contributed by atoms with Gasteiger partial charge in [0.2, 0.25) is 11.8 Å². The van der Waals surface area contributed by atoms with Crippen LogP contribution < -0.4 is 0 Å². The molecule has 1 N–H and O–H groups in total. The normalized spacial score (nSPS) is 22.5. The summed E-state index contributed by atoms with van der Waals surface area (Å²) in [7, 11) is 0. The van der Waals surface area contributed by atoms with E-state index in [1.807, 2.05) is 35.2 Å². The lowest BCUT2D eigenvalue weighted by atomic mass is 9.94. The van der Waals surface area contributed by atoms with Crippen molar-refractivity contribution in [2.45, 2.75) is 25.4 Å². The summed E-state index contributed by atoms with van der Waals surface area (Å²) in [6.07, 6.45) is 1.17. The smallest absolute Gasteiger partial charge is 0.226 e. The van der Waals surface area contributed by atoms with Crippen molar-refractivity contribution in [2.24, 2.45) is 5.92 Å². The van der Waals surface area contributed by atoms with E-state index >= 15 is 0 Å². The lowest BCUT2D eigenvalue weighted by molar-refractivity contribution is -0.141. The van der Waals surface area contributed by atoms with Gasteiger partial charge in [-0.05, 0) is 18.4 Å². The second-order valence-corrected chi connectivity index (χ2v) is 6.83. The highest BCUT2D eigenvalue weighted by Crippen LogP contribution is 2.21. The van der Waals surface area contributed by atoms with Crippen molar-refractivity contribution < 1.29 is 19.4 Å². The van der Waals surface area contributed by atoms with E-state index in [-0.39, 0.29) is 24.3 Å². The summed E-state index contributed by atoms with van der Waals surface area (Å²) >= 11 is 0. The van der Waals surface area contributed by atoms with Gasteiger partial charge in [-0.1, -0.05) is 30.3 Å². The van der Waals surface area contributed by atoms with E-state index in [1.54, 1.807) is 4.90 Å². The van der Waals surface area contributed by atoms with Crippen LogP contribution in [0, 0.1) is 5.92 Å². The number of likely N-dealkylation sites (tertiary alicyclic amines) is 1. The summed E-state index contributed by atoms with van der Waals surface area (Å²) in [6.45, 7) is 2.87. The van der Waals surface area contributed by atoms with E-state index in [1.165, 1.54) is 0 Å². The van der Waals surface area contributed by atoms with E-state index in [4.69, 9.17) is 4.74 Å². The number of carbonyl (C=O) groups excluding carboxylic acids is 2. The molecule has 2 heterocycles. The first kappa shape index (κ1) is 17.9. The number of aliphatic hydroxyl groups is 1. The van der Waals surface area contributed by atoms with Crippen LogP contribution in [0.15, 0.2) is 30.3 Å². The van der Waals surface area contributed by atoms with Crippen molar-refractivity contribution in [3.8, 4) is 0 Å². The second-order valence-electron chi connectivity index (χ2n) is 6.83. The van der Waals surface area contributed by atoms with Gasteiger partial charge in [0, 0.05) is 32.1 Å². The predicted octanol–water partition coefficient (Wildman–Crippen LogP) is 0.687. The Hall–Kier alpha value is -1.92. The van der Waals surface area contributed by atoms with Crippen molar-refractivity contribution in [3.05, 3.63) is 35.9 Å². The van der Waals surface area contributed by atoms with E-state index in [2.05, 4.69) is 0 Å². The third kappa shape index (κ3) is 4.80. The summed E-state index contributed by atoms with van der Waals surface area (Å²) < 4.78 is 5.28. The van der Waals surface area contributed by atoms with Gasteiger partial charge < -0.3 is 19.6 Å². The average molecular weight is 346 g/mol. The molecular weight excluding hydrogens is 320 g/mol. The minimum Gasteiger partial charge on any atom is -0.389 e. The summed E-state index contributed by atoms with van der Waals surface area (Å²) in [5.74, 6) is 0.140. The Morgan fingerprint density at radius 2 is 1.80 bits per heavy atom. The van der Waals surface area contributed by atoms with Crippen LogP contribution in [0.1, 0.15) is 18.4 Å². The lowest BCUT2D eigenvalue weighted by Gasteiger charge is -2.34. The van der Waals surface area contributed by atoms with Crippen molar-refractivity contribution >= 4 is 11.8 Å². The molecule has 0 saturated carbocycles. The molecule has 6 nitrogen and oxygen atoms in total. The number of amides is 2. The van der Waals surface area contributed by atoms with Gasteiger partial charge in [0.1, 0.15) is 0 Å². The maximum absolute atomic E-state index is 12.7. The second kappa shape index (κ2) is 8.45. The Morgan fingerprint density at radius 3 is 2.52 bits per heavy atom. The molecule has 0 aromatic heterocycles. The maximum Gasteiger partial charge on any atom is 0.226 e. The molecule has 2 aliphatic heterocycles. The first-order valence-corrected chi connectivity index (χ1v) is 9.00. The summed E-state index contributed by atoms with van der Waals surface area (Å²) in [4.78, 5) is 28.7. The summed E-state index contributed by atoms with van der Waals surface area (Å²) in [5, 5.41) is 9.79. The van der Waals surface area contributed by atoms with Crippen LogP contribution in [0.5, 0.6) is 0 Å². The topological polar surface area (TPSA) is 70.1 Å². The number of piperidine rings is 1. The third-order valence-electron chi connectivity index (χ3n) is 4.95. The van der Waals surface area contributed by atoms with Crippen LogP contribution >= 0.6 is 0 Å². The average Bonchev–Trinajstić information content (AvgIpc) is 2.86. The molecule has 0 aliphatic carbocycles.